The molecule has 13 heavy (non-hydrogen) atoms. The first-order valence-corrected chi connectivity index (χ1v) is 3.55. The van der Waals surface area contributed by atoms with Crippen molar-refractivity contribution < 1.29 is 14.3 Å². The maximum Gasteiger partial charge on any atom is 0.328 e. The molecule has 0 spiro atoms. The quantitative estimate of drug-likeness (QED) is 0.536. The Balaban J connectivity index is 3.00. The van der Waals surface area contributed by atoms with Gasteiger partial charge in [-0.25, -0.2) is 9.18 Å². The fourth-order valence-electron chi connectivity index (χ4n) is 0.851. The first-order chi connectivity index (χ1) is 6.09. The van der Waals surface area contributed by atoms with Crippen molar-refractivity contribution in [1.82, 2.24) is 0 Å². The van der Waals surface area contributed by atoms with Crippen LogP contribution in [0.3, 0.4) is 0 Å². The second-order valence-electron chi connectivity index (χ2n) is 2.45. The van der Waals surface area contributed by atoms with E-state index in [9.17, 15) is 9.18 Å². The fourth-order valence-corrected chi connectivity index (χ4v) is 0.851. The van der Waals surface area contributed by atoms with Crippen molar-refractivity contribution in [3.63, 3.8) is 0 Å². The number of hydrogen-bond donors (Lipinski definition) is 2. The third kappa shape index (κ3) is 2.59. The first-order valence-electron chi connectivity index (χ1n) is 3.55. The van der Waals surface area contributed by atoms with Gasteiger partial charge in [0.2, 0.25) is 0 Å². The van der Waals surface area contributed by atoms with Gasteiger partial charge in [0.05, 0.1) is 0 Å². The SMILES string of the molecule is Nc1ccc(F)c(/C=C/C(=O)O)c1. The Morgan fingerprint density at radius 1 is 1.54 bits per heavy atom. The maximum atomic E-state index is 12.9. The van der Waals surface area contributed by atoms with Crippen LogP contribution in [-0.2, 0) is 4.79 Å². The lowest BCUT2D eigenvalue weighted by Crippen LogP contribution is -1.90. The first kappa shape index (κ1) is 9.25. The van der Waals surface area contributed by atoms with Gasteiger partial charge in [-0.05, 0) is 24.3 Å². The van der Waals surface area contributed by atoms with E-state index in [4.69, 9.17) is 10.8 Å². The lowest BCUT2D eigenvalue weighted by Gasteiger charge is -1.97. The summed E-state index contributed by atoms with van der Waals surface area (Å²) in [4.78, 5) is 10.1. The van der Waals surface area contributed by atoms with Crippen LogP contribution < -0.4 is 5.73 Å². The number of rotatable bonds is 2. The molecule has 0 fully saturated rings. The van der Waals surface area contributed by atoms with Gasteiger partial charge in [0.15, 0.2) is 0 Å². The highest BCUT2D eigenvalue weighted by Gasteiger charge is 1.98. The van der Waals surface area contributed by atoms with Crippen LogP contribution in [0.25, 0.3) is 6.08 Å². The highest BCUT2D eigenvalue weighted by molar-refractivity contribution is 5.85. The van der Waals surface area contributed by atoms with Gasteiger partial charge >= 0.3 is 5.97 Å². The molecule has 1 aromatic rings. The molecule has 0 aliphatic carbocycles. The van der Waals surface area contributed by atoms with Crippen molar-refractivity contribution in [2.45, 2.75) is 0 Å². The second kappa shape index (κ2) is 3.71. The third-order valence-electron chi connectivity index (χ3n) is 1.43. The number of carbonyl (C=O) groups is 1. The number of hydrogen-bond acceptors (Lipinski definition) is 2. The normalized spacial score (nSPS) is 10.5. The number of aliphatic carboxylic acids is 1. The van der Waals surface area contributed by atoms with Crippen LogP contribution in [0.2, 0.25) is 0 Å². The molecule has 0 heterocycles. The standard InChI is InChI=1S/C9H8FNO2/c10-8-3-2-7(11)5-6(8)1-4-9(12)13/h1-5H,11H2,(H,12,13)/b4-1+. The largest absolute Gasteiger partial charge is 0.478 e. The van der Waals surface area contributed by atoms with Crippen molar-refractivity contribution in [2.24, 2.45) is 0 Å². The minimum absolute atomic E-state index is 0.169. The molecule has 0 unspecified atom stereocenters. The molecule has 1 rings (SSSR count). The summed E-state index contributed by atoms with van der Waals surface area (Å²) in [6, 6.07) is 3.97. The van der Waals surface area contributed by atoms with Crippen LogP contribution in [-0.4, -0.2) is 11.1 Å². The summed E-state index contributed by atoms with van der Waals surface area (Å²) in [5.41, 5.74) is 5.95. The van der Waals surface area contributed by atoms with Gasteiger partial charge in [0.25, 0.3) is 0 Å². The molecule has 4 heteroatoms. The summed E-state index contributed by atoms with van der Waals surface area (Å²) in [6.07, 6.45) is 2.02. The molecular formula is C9H8FNO2. The summed E-state index contributed by atoms with van der Waals surface area (Å²) in [5, 5.41) is 8.29. The molecule has 0 atom stereocenters. The van der Waals surface area contributed by atoms with Gasteiger partial charge in [-0.15, -0.1) is 0 Å². The van der Waals surface area contributed by atoms with Crippen LogP contribution in [0.5, 0.6) is 0 Å². The van der Waals surface area contributed by atoms with Gasteiger partial charge in [0.1, 0.15) is 5.82 Å². The van der Waals surface area contributed by atoms with E-state index in [0.29, 0.717) is 5.69 Å². The molecule has 0 bridgehead atoms. The van der Waals surface area contributed by atoms with Crippen molar-refractivity contribution >= 4 is 17.7 Å². The van der Waals surface area contributed by atoms with Gasteiger partial charge < -0.3 is 10.8 Å². The summed E-state index contributed by atoms with van der Waals surface area (Å²) in [6.45, 7) is 0. The highest BCUT2D eigenvalue weighted by Crippen LogP contribution is 2.13. The molecule has 0 saturated heterocycles. The van der Waals surface area contributed by atoms with Gasteiger partial charge in [-0.2, -0.15) is 0 Å². The second-order valence-corrected chi connectivity index (χ2v) is 2.45. The van der Waals surface area contributed by atoms with Gasteiger partial charge in [-0.1, -0.05) is 0 Å². The van der Waals surface area contributed by atoms with E-state index in [0.717, 1.165) is 12.2 Å². The number of halogens is 1. The van der Waals surface area contributed by atoms with Crippen LogP contribution in [0.1, 0.15) is 5.56 Å². The Labute approximate surface area is 74.3 Å². The molecule has 0 radical (unpaired) electrons. The van der Waals surface area contributed by atoms with Gasteiger partial charge in [0, 0.05) is 17.3 Å². The Hall–Kier alpha value is -1.84. The molecule has 3 N–H and O–H groups in total. The average molecular weight is 181 g/mol. The van der Waals surface area contributed by atoms with Crippen LogP contribution in [0.4, 0.5) is 10.1 Å². The highest BCUT2D eigenvalue weighted by atomic mass is 19.1. The van der Waals surface area contributed by atoms with E-state index in [1.165, 1.54) is 18.2 Å². The zero-order chi connectivity index (χ0) is 9.84. The van der Waals surface area contributed by atoms with Crippen LogP contribution in [0.15, 0.2) is 24.3 Å². The summed E-state index contributed by atoms with van der Waals surface area (Å²) >= 11 is 0. The predicted octanol–water partition coefficient (Wildman–Crippen LogP) is 1.51. The smallest absolute Gasteiger partial charge is 0.328 e. The Bertz CT molecular complexity index is 361. The minimum atomic E-state index is -1.12. The van der Waals surface area contributed by atoms with Crippen molar-refractivity contribution in [2.75, 3.05) is 5.73 Å². The number of nitrogens with two attached hydrogens (primary N) is 1. The number of anilines is 1. The molecule has 0 aromatic heterocycles. The number of benzene rings is 1. The average Bonchev–Trinajstić information content (AvgIpc) is 2.06. The van der Waals surface area contributed by atoms with Crippen LogP contribution >= 0.6 is 0 Å². The molecule has 3 nitrogen and oxygen atoms in total. The maximum absolute atomic E-state index is 12.9. The molecule has 0 aliphatic heterocycles. The lowest BCUT2D eigenvalue weighted by molar-refractivity contribution is -0.131. The van der Waals surface area contributed by atoms with E-state index in [2.05, 4.69) is 0 Å². The van der Waals surface area contributed by atoms with Crippen molar-refractivity contribution in [3.8, 4) is 0 Å². The summed E-state index contributed by atoms with van der Waals surface area (Å²) in [5.74, 6) is -1.62. The van der Waals surface area contributed by atoms with E-state index in [-0.39, 0.29) is 5.56 Å². The third-order valence-corrected chi connectivity index (χ3v) is 1.43. The summed E-state index contributed by atoms with van der Waals surface area (Å²) < 4.78 is 12.9. The Kier molecular flexibility index (Phi) is 2.64. The Morgan fingerprint density at radius 2 is 2.23 bits per heavy atom. The van der Waals surface area contributed by atoms with Gasteiger partial charge in [-0.3, -0.25) is 0 Å². The van der Waals surface area contributed by atoms with E-state index >= 15 is 0 Å². The predicted molar refractivity (Wildman–Crippen MR) is 47.5 cm³/mol. The molecule has 0 amide bonds. The molecule has 1 aromatic carbocycles. The Morgan fingerprint density at radius 3 is 2.85 bits per heavy atom. The number of carboxylic acids is 1. The van der Waals surface area contributed by atoms with E-state index < -0.39 is 11.8 Å². The number of nitrogen functional groups attached to an aromatic ring is 1. The minimum Gasteiger partial charge on any atom is -0.478 e. The monoisotopic (exact) mass is 181 g/mol. The molecular weight excluding hydrogens is 173 g/mol. The lowest BCUT2D eigenvalue weighted by atomic mass is 10.2. The zero-order valence-corrected chi connectivity index (χ0v) is 6.70. The topological polar surface area (TPSA) is 63.3 Å². The van der Waals surface area contributed by atoms with Crippen molar-refractivity contribution in [1.29, 1.82) is 0 Å². The number of carboxylic acid groups (broad SMARTS) is 1. The van der Waals surface area contributed by atoms with Crippen molar-refractivity contribution in [3.05, 3.63) is 35.7 Å². The summed E-state index contributed by atoms with van der Waals surface area (Å²) in [7, 11) is 0. The fraction of sp³-hybridized carbons (Fsp3) is 0. The zero-order valence-electron chi connectivity index (χ0n) is 6.70. The van der Waals surface area contributed by atoms with E-state index in [1.807, 2.05) is 0 Å². The molecule has 0 saturated carbocycles. The molecule has 68 valence electrons. The molecule has 0 aliphatic rings. The van der Waals surface area contributed by atoms with Crippen LogP contribution in [0, 0.1) is 5.82 Å². The van der Waals surface area contributed by atoms with E-state index in [1.54, 1.807) is 0 Å².